The fourth-order valence-electron chi connectivity index (χ4n) is 2.83. The molecular weight excluding hydrogens is 487 g/mol. The van der Waals surface area contributed by atoms with Gasteiger partial charge in [0.25, 0.3) is 5.91 Å². The number of pyridine rings is 1. The minimum absolute atomic E-state index is 0.0242. The molecule has 13 heteroatoms. The zero-order valence-electron chi connectivity index (χ0n) is 18.3. The second kappa shape index (κ2) is 11.4. The molecule has 2 heterocycles. The third-order valence-electron chi connectivity index (χ3n) is 4.52. The van der Waals surface area contributed by atoms with E-state index < -0.39 is 17.9 Å². The lowest BCUT2D eigenvalue weighted by atomic mass is 10.0. The average Bonchev–Trinajstić information content (AvgIpc) is 2.85. The number of methoxy groups -OCH3 is 3. The van der Waals surface area contributed by atoms with Gasteiger partial charge in [0.05, 0.1) is 44.4 Å². The quantitative estimate of drug-likeness (QED) is 0.327. The number of aromatic nitrogens is 4. The van der Waals surface area contributed by atoms with Crippen molar-refractivity contribution in [2.45, 2.75) is 12.5 Å². The molecule has 0 fully saturated rings. The van der Waals surface area contributed by atoms with Gasteiger partial charge in [-0.1, -0.05) is 35.3 Å². The minimum Gasteiger partial charge on any atom is -0.469 e. The van der Waals surface area contributed by atoms with Crippen molar-refractivity contribution in [3.63, 3.8) is 0 Å². The summed E-state index contributed by atoms with van der Waals surface area (Å²) in [7, 11) is 4.11. The number of ether oxygens (including phenoxy) is 3. The third-order valence-corrected chi connectivity index (χ3v) is 5.29. The van der Waals surface area contributed by atoms with Gasteiger partial charge in [0.15, 0.2) is 0 Å². The molecule has 11 nitrogen and oxygen atoms in total. The number of benzene rings is 1. The summed E-state index contributed by atoms with van der Waals surface area (Å²) in [5, 5.41) is 5.89. The first-order valence-corrected chi connectivity index (χ1v) is 10.5. The number of carbonyl (C=O) groups excluding carboxylic acids is 2. The van der Waals surface area contributed by atoms with E-state index in [1.807, 2.05) is 0 Å². The number of anilines is 2. The second-order valence-corrected chi connectivity index (χ2v) is 7.39. The summed E-state index contributed by atoms with van der Waals surface area (Å²) in [4.78, 5) is 40.6. The van der Waals surface area contributed by atoms with Crippen molar-refractivity contribution in [3.05, 3.63) is 57.8 Å². The van der Waals surface area contributed by atoms with Crippen LogP contribution in [0.15, 0.2) is 36.5 Å². The molecule has 1 atom stereocenters. The molecule has 178 valence electrons. The Labute approximate surface area is 204 Å². The molecule has 1 unspecified atom stereocenters. The summed E-state index contributed by atoms with van der Waals surface area (Å²) in [6.45, 7) is 0. The minimum atomic E-state index is -0.567. The Morgan fingerprint density at radius 1 is 0.971 bits per heavy atom. The van der Waals surface area contributed by atoms with Gasteiger partial charge in [0, 0.05) is 11.9 Å². The van der Waals surface area contributed by atoms with E-state index in [0.29, 0.717) is 11.3 Å². The van der Waals surface area contributed by atoms with Crippen molar-refractivity contribution < 1.29 is 23.8 Å². The number of amides is 1. The molecule has 34 heavy (non-hydrogen) atoms. The van der Waals surface area contributed by atoms with Gasteiger partial charge in [-0.25, -0.2) is 4.98 Å². The van der Waals surface area contributed by atoms with Crippen LogP contribution in [0.3, 0.4) is 0 Å². The fraction of sp³-hybridized carbons (Fsp3) is 0.238. The highest BCUT2D eigenvalue weighted by molar-refractivity contribution is 6.43. The molecule has 0 aliphatic rings. The van der Waals surface area contributed by atoms with Crippen LogP contribution in [0, 0.1) is 0 Å². The van der Waals surface area contributed by atoms with E-state index in [1.165, 1.54) is 33.6 Å². The maximum atomic E-state index is 12.6. The molecule has 1 aromatic carbocycles. The van der Waals surface area contributed by atoms with Crippen molar-refractivity contribution in [2.75, 3.05) is 32.0 Å². The molecule has 0 aliphatic heterocycles. The standard InChI is InChI=1S/C21H20Cl2N6O5/c1-32-15(30)10-14(26-19-27-20(33-2)29-21(28-19)34-3)11-4-6-12(7-5-11)25-18(31)13-8-9-24-17(23)16(13)22/h4-9,14H,10H2,1-3H3,(H,25,31)(H,26,27,28,29). The van der Waals surface area contributed by atoms with Crippen LogP contribution in [0.5, 0.6) is 12.0 Å². The first kappa shape index (κ1) is 24.9. The average molecular weight is 507 g/mol. The Morgan fingerprint density at radius 3 is 2.21 bits per heavy atom. The number of nitrogens with zero attached hydrogens (tertiary/aromatic N) is 4. The van der Waals surface area contributed by atoms with E-state index in [9.17, 15) is 9.59 Å². The Balaban J connectivity index is 1.81. The lowest BCUT2D eigenvalue weighted by Crippen LogP contribution is -2.18. The molecule has 3 rings (SSSR count). The highest BCUT2D eigenvalue weighted by Crippen LogP contribution is 2.26. The number of esters is 1. The number of rotatable bonds is 9. The summed E-state index contributed by atoms with van der Waals surface area (Å²) in [5.74, 6) is -0.762. The largest absolute Gasteiger partial charge is 0.469 e. The molecule has 3 aromatic rings. The monoisotopic (exact) mass is 506 g/mol. The predicted octanol–water partition coefficient (Wildman–Crippen LogP) is 3.56. The van der Waals surface area contributed by atoms with Gasteiger partial charge in [0.2, 0.25) is 5.95 Å². The highest BCUT2D eigenvalue weighted by atomic mass is 35.5. The molecule has 0 spiro atoms. The molecular formula is C21H20Cl2N6O5. The molecule has 2 N–H and O–H groups in total. The smallest absolute Gasteiger partial charge is 0.324 e. The SMILES string of the molecule is COC(=O)CC(Nc1nc(OC)nc(OC)n1)c1ccc(NC(=O)c2ccnc(Cl)c2Cl)cc1. The van der Waals surface area contributed by atoms with Gasteiger partial charge in [-0.05, 0) is 23.8 Å². The molecule has 0 saturated heterocycles. The maximum absolute atomic E-state index is 12.6. The van der Waals surface area contributed by atoms with Gasteiger partial charge in [-0.3, -0.25) is 9.59 Å². The van der Waals surface area contributed by atoms with E-state index >= 15 is 0 Å². The summed E-state index contributed by atoms with van der Waals surface area (Å²) < 4.78 is 14.9. The van der Waals surface area contributed by atoms with Crippen molar-refractivity contribution >= 4 is 46.7 Å². The molecule has 2 aromatic heterocycles. The summed E-state index contributed by atoms with van der Waals surface area (Å²) in [5.41, 5.74) is 1.39. The van der Waals surface area contributed by atoms with Crippen LogP contribution < -0.4 is 20.1 Å². The van der Waals surface area contributed by atoms with Crippen molar-refractivity contribution in [1.29, 1.82) is 0 Å². The van der Waals surface area contributed by atoms with Crippen LogP contribution in [0.4, 0.5) is 11.6 Å². The van der Waals surface area contributed by atoms with Gasteiger partial charge < -0.3 is 24.8 Å². The molecule has 0 bridgehead atoms. The first-order valence-electron chi connectivity index (χ1n) is 9.73. The number of nitrogens with one attached hydrogen (secondary N) is 2. The number of halogens is 2. The lowest BCUT2D eigenvalue weighted by Gasteiger charge is -2.19. The van der Waals surface area contributed by atoms with Crippen molar-refractivity contribution in [2.24, 2.45) is 0 Å². The van der Waals surface area contributed by atoms with Crippen molar-refractivity contribution in [1.82, 2.24) is 19.9 Å². The molecule has 0 radical (unpaired) electrons. The van der Waals surface area contributed by atoms with E-state index in [0.717, 1.165) is 0 Å². The Kier molecular flexibility index (Phi) is 8.39. The summed E-state index contributed by atoms with van der Waals surface area (Å²) in [6.07, 6.45) is 1.37. The summed E-state index contributed by atoms with van der Waals surface area (Å²) in [6, 6.07) is 7.78. The third kappa shape index (κ3) is 6.21. The van der Waals surface area contributed by atoms with Crippen molar-refractivity contribution in [3.8, 4) is 12.0 Å². The van der Waals surface area contributed by atoms with Gasteiger partial charge >= 0.3 is 18.0 Å². The Bertz CT molecular complexity index is 1160. The second-order valence-electron chi connectivity index (χ2n) is 6.65. The highest BCUT2D eigenvalue weighted by Gasteiger charge is 2.20. The number of hydrogen-bond donors (Lipinski definition) is 2. The zero-order valence-corrected chi connectivity index (χ0v) is 19.8. The molecule has 1 amide bonds. The summed E-state index contributed by atoms with van der Waals surface area (Å²) >= 11 is 11.9. The molecule has 0 aliphatic carbocycles. The van der Waals surface area contributed by atoms with Gasteiger partial charge in [-0.2, -0.15) is 9.97 Å². The zero-order chi connectivity index (χ0) is 24.7. The van der Waals surface area contributed by atoms with Crippen LogP contribution >= 0.6 is 23.2 Å². The van der Waals surface area contributed by atoms with Gasteiger partial charge in [0.1, 0.15) is 5.15 Å². The van der Waals surface area contributed by atoms with Crippen LogP contribution in [0.2, 0.25) is 10.2 Å². The van der Waals surface area contributed by atoms with E-state index in [2.05, 4.69) is 30.6 Å². The molecule has 0 saturated carbocycles. The van der Waals surface area contributed by atoms with E-state index in [-0.39, 0.29) is 40.1 Å². The number of carbonyl (C=O) groups is 2. The predicted molar refractivity (Wildman–Crippen MR) is 125 cm³/mol. The Morgan fingerprint density at radius 2 is 1.62 bits per heavy atom. The van der Waals surface area contributed by atoms with Crippen LogP contribution in [-0.2, 0) is 9.53 Å². The van der Waals surface area contributed by atoms with Crippen LogP contribution in [0.1, 0.15) is 28.4 Å². The van der Waals surface area contributed by atoms with Crippen LogP contribution in [0.25, 0.3) is 0 Å². The van der Waals surface area contributed by atoms with E-state index in [1.54, 1.807) is 24.3 Å². The first-order chi connectivity index (χ1) is 16.3. The topological polar surface area (TPSA) is 137 Å². The van der Waals surface area contributed by atoms with Crippen LogP contribution in [-0.4, -0.2) is 53.1 Å². The Hall–Kier alpha value is -3.70. The lowest BCUT2D eigenvalue weighted by molar-refractivity contribution is -0.140. The van der Waals surface area contributed by atoms with Gasteiger partial charge in [-0.15, -0.1) is 4.98 Å². The maximum Gasteiger partial charge on any atom is 0.324 e. The fourth-order valence-corrected chi connectivity index (χ4v) is 3.19. The van der Waals surface area contributed by atoms with E-state index in [4.69, 9.17) is 37.4 Å². The normalized spacial score (nSPS) is 11.3. The number of hydrogen-bond acceptors (Lipinski definition) is 10.